The van der Waals surface area contributed by atoms with E-state index in [1.807, 2.05) is 0 Å². The molecule has 0 spiro atoms. The summed E-state index contributed by atoms with van der Waals surface area (Å²) < 4.78 is 0. The quantitative estimate of drug-likeness (QED) is 0.412. The fourth-order valence-electron chi connectivity index (χ4n) is 0. The van der Waals surface area contributed by atoms with Crippen LogP contribution >= 0.6 is 0 Å². The molecule has 0 saturated heterocycles. The van der Waals surface area contributed by atoms with Crippen LogP contribution in [-0.2, 0) is 0 Å². The van der Waals surface area contributed by atoms with E-state index in [2.05, 4.69) is 0 Å². The average molecular weight is 385 g/mol. The molecule has 0 atom stereocenters. The molecule has 12 valence electrons. The maximum atomic E-state index is 0. The van der Waals surface area contributed by atoms with Crippen LogP contribution in [0.25, 0.3) is 0 Å². The van der Waals surface area contributed by atoms with E-state index in [9.17, 15) is 0 Å². The van der Waals surface area contributed by atoms with Crippen molar-refractivity contribution < 1.29 is 0 Å². The average Bonchev–Trinajstić information content (AvgIpc) is 0. The monoisotopic (exact) mass is 386 g/mol. The SMILES string of the molecule is [Ba].[Ca].[Ca].[Ca].[Ca].[Sr]. The van der Waals surface area contributed by atoms with Crippen LogP contribution in [0.2, 0.25) is 0 Å². The molecule has 0 amide bonds. The summed E-state index contributed by atoms with van der Waals surface area (Å²) in [5, 5.41) is 0. The summed E-state index contributed by atoms with van der Waals surface area (Å²) in [6, 6.07) is 0. The second-order valence-corrected chi connectivity index (χ2v) is 0. The minimum Gasteiger partial charge on any atom is 0 e. The van der Waals surface area contributed by atoms with Crippen molar-refractivity contribution in [2.45, 2.75) is 0 Å². The summed E-state index contributed by atoms with van der Waals surface area (Å²) in [4.78, 5) is 0. The van der Waals surface area contributed by atoms with Crippen LogP contribution in [0.3, 0.4) is 0 Å². The van der Waals surface area contributed by atoms with Crippen LogP contribution in [0.15, 0.2) is 0 Å². The summed E-state index contributed by atoms with van der Waals surface area (Å²) in [7, 11) is 0. The maximum Gasteiger partial charge on any atom is 0 e. The molecule has 0 unspecified atom stereocenters. The van der Waals surface area contributed by atoms with Crippen molar-refractivity contribution in [2.75, 3.05) is 0 Å². The van der Waals surface area contributed by atoms with Gasteiger partial charge < -0.3 is 0 Å². The van der Waals surface area contributed by atoms with Gasteiger partial charge >= 0.3 is 0 Å². The van der Waals surface area contributed by atoms with E-state index in [-0.39, 0.29) is 245 Å². The molecule has 6 heteroatoms. The zero-order valence-corrected chi connectivity index (χ0v) is 21.0. The Kier molecular flexibility index (Phi) is 180. The Morgan fingerprint density at radius 1 is 0.500 bits per heavy atom. The Morgan fingerprint density at radius 2 is 0.500 bits per heavy atom. The van der Waals surface area contributed by atoms with Crippen molar-refractivity contribution in [3.8, 4) is 0 Å². The van der Waals surface area contributed by atoms with Gasteiger partial charge in [-0.05, 0) is 0 Å². The first-order valence-electron chi connectivity index (χ1n) is 0. The van der Waals surface area contributed by atoms with Gasteiger partial charge in [0.2, 0.25) is 0 Å². The van der Waals surface area contributed by atoms with E-state index >= 15 is 0 Å². The minimum atomic E-state index is 0. The first-order valence-corrected chi connectivity index (χ1v) is 0. The van der Waals surface area contributed by atoms with E-state index in [0.29, 0.717) is 0 Å². The molecule has 0 aliphatic rings. The molecule has 0 rings (SSSR count). The van der Waals surface area contributed by atoms with Crippen LogP contribution in [0.1, 0.15) is 0 Å². The Labute approximate surface area is 236 Å². The van der Waals surface area contributed by atoms with Gasteiger partial charge in [0.25, 0.3) is 0 Å². The fraction of sp³-hybridized carbons (Fsp3) is 0. The van der Waals surface area contributed by atoms with Gasteiger partial charge in [-0.3, -0.25) is 0 Å². The van der Waals surface area contributed by atoms with Crippen molar-refractivity contribution in [1.29, 1.82) is 0 Å². The van der Waals surface area contributed by atoms with Crippen molar-refractivity contribution >= 4 is 245 Å². The van der Waals surface area contributed by atoms with Crippen LogP contribution < -0.4 is 0 Å². The largest absolute Gasteiger partial charge is 0 e. The van der Waals surface area contributed by atoms with Gasteiger partial charge in [0.1, 0.15) is 0 Å². The molecule has 0 bridgehead atoms. The normalized spacial score (nSPS) is 0. The predicted octanol–water partition coefficient (Wildman–Crippen LogP) is -2.28. The van der Waals surface area contributed by atoms with Crippen molar-refractivity contribution in [3.63, 3.8) is 0 Å². The van der Waals surface area contributed by atoms with Gasteiger partial charge in [0.15, 0.2) is 0 Å². The Bertz CT molecular complexity index is 7.51. The van der Waals surface area contributed by atoms with Gasteiger partial charge in [-0.15, -0.1) is 0 Å². The fourth-order valence-corrected chi connectivity index (χ4v) is 0. The molecular weight excluding hydrogens is 385 g/mol. The Hall–Kier alpha value is 8.09. The number of hydrogen-bond acceptors (Lipinski definition) is 0. The first-order chi connectivity index (χ1) is 0. The van der Waals surface area contributed by atoms with Crippen molar-refractivity contribution in [3.05, 3.63) is 0 Å². The third-order valence-electron chi connectivity index (χ3n) is 0. The third kappa shape index (κ3) is 22.7. The number of hydrogen-bond donors (Lipinski definition) is 0. The summed E-state index contributed by atoms with van der Waals surface area (Å²) in [6.45, 7) is 0. The molecule has 0 saturated carbocycles. The van der Waals surface area contributed by atoms with Gasteiger partial charge in [-0.1, -0.05) is 0 Å². The predicted molar refractivity (Wildman–Crippen MR) is 34.5 cm³/mol. The van der Waals surface area contributed by atoms with Crippen LogP contribution in [0.4, 0.5) is 0 Å². The number of rotatable bonds is 0. The maximum absolute atomic E-state index is 0. The molecule has 0 nitrogen and oxygen atoms in total. The molecule has 0 heterocycles. The van der Waals surface area contributed by atoms with Gasteiger partial charge in [0.05, 0.1) is 0 Å². The van der Waals surface area contributed by atoms with Gasteiger partial charge in [0, 0.05) is 245 Å². The first kappa shape index (κ1) is 36.9. The van der Waals surface area contributed by atoms with E-state index in [1.165, 1.54) is 0 Å². The molecular formula is BaCa4Sr. The standard InChI is InChI=1S/Ba.4Ca.Sr. The topological polar surface area (TPSA) is 0 Å². The second kappa shape index (κ2) is 29.2. The molecule has 6 heavy (non-hydrogen) atoms. The van der Waals surface area contributed by atoms with Gasteiger partial charge in [-0.2, -0.15) is 0 Å². The smallest absolute Gasteiger partial charge is 0 e. The molecule has 0 aromatic heterocycles. The van der Waals surface area contributed by atoms with Crippen molar-refractivity contribution in [2.24, 2.45) is 0 Å². The van der Waals surface area contributed by atoms with Gasteiger partial charge in [-0.25, -0.2) is 0 Å². The summed E-state index contributed by atoms with van der Waals surface area (Å²) in [6.07, 6.45) is 0. The summed E-state index contributed by atoms with van der Waals surface area (Å²) in [5.41, 5.74) is 0. The van der Waals surface area contributed by atoms with E-state index < -0.39 is 0 Å². The van der Waals surface area contributed by atoms with Crippen molar-refractivity contribution in [1.82, 2.24) is 0 Å². The second-order valence-electron chi connectivity index (χ2n) is 0. The Morgan fingerprint density at radius 3 is 0.500 bits per heavy atom. The summed E-state index contributed by atoms with van der Waals surface area (Å²) >= 11 is 0. The molecule has 0 aliphatic heterocycles. The molecule has 0 N–H and O–H groups in total. The van der Waals surface area contributed by atoms with E-state index in [0.717, 1.165) is 0 Å². The van der Waals surface area contributed by atoms with Crippen LogP contribution in [0, 0.1) is 0 Å². The third-order valence-corrected chi connectivity index (χ3v) is 0. The molecule has 0 aromatic rings. The van der Waals surface area contributed by atoms with Crippen LogP contribution in [0.5, 0.6) is 0 Å². The molecule has 12 radical (unpaired) electrons. The zero-order chi connectivity index (χ0) is 0. The zero-order valence-electron chi connectivity index (χ0n) is 4.24. The van der Waals surface area contributed by atoms with Crippen LogP contribution in [-0.4, -0.2) is 245 Å². The van der Waals surface area contributed by atoms with E-state index in [4.69, 9.17) is 0 Å². The van der Waals surface area contributed by atoms with E-state index in [1.54, 1.807) is 0 Å². The summed E-state index contributed by atoms with van der Waals surface area (Å²) in [5.74, 6) is 0. The molecule has 0 aromatic carbocycles. The molecule has 0 fully saturated rings. The minimum absolute atomic E-state index is 0. The molecule has 0 aliphatic carbocycles. The Balaban J connectivity index is 0.